The minimum Gasteiger partial charge on any atom is -0.456 e. The van der Waals surface area contributed by atoms with Crippen molar-refractivity contribution < 1.29 is 23.7 Å². The lowest BCUT2D eigenvalue weighted by molar-refractivity contribution is 0.00706. The number of aromatic amines is 1. The molecule has 2 aromatic heterocycles. The number of oxazole rings is 1. The summed E-state index contributed by atoms with van der Waals surface area (Å²) in [6, 6.07) is 20.5. The van der Waals surface area contributed by atoms with Crippen LogP contribution in [0.1, 0.15) is 0 Å². The highest BCUT2D eigenvalue weighted by atomic mass is 35.5. The quantitative estimate of drug-likeness (QED) is 0.335. The van der Waals surface area contributed by atoms with Crippen LogP contribution < -0.4 is 4.74 Å². The van der Waals surface area contributed by atoms with Gasteiger partial charge in [-0.05, 0) is 41.0 Å². The fourth-order valence-corrected chi connectivity index (χ4v) is 5.26. The van der Waals surface area contributed by atoms with E-state index in [1.54, 1.807) is 12.5 Å². The zero-order valence-electron chi connectivity index (χ0n) is 19.5. The lowest BCUT2D eigenvalue weighted by atomic mass is 9.99. The molecule has 4 heterocycles. The van der Waals surface area contributed by atoms with Crippen LogP contribution in [-0.2, 0) is 9.47 Å². The van der Waals surface area contributed by atoms with Gasteiger partial charge in [-0.1, -0.05) is 48.0 Å². The molecule has 3 aromatic carbocycles. The molecule has 2 saturated heterocycles. The van der Waals surface area contributed by atoms with E-state index in [9.17, 15) is 5.11 Å². The number of rotatable bonds is 5. The molecule has 2 aliphatic heterocycles. The summed E-state index contributed by atoms with van der Waals surface area (Å²) in [5.41, 5.74) is 6.49. The Balaban J connectivity index is 1.11. The Morgan fingerprint density at radius 3 is 2.32 bits per heavy atom. The third-order valence-electron chi connectivity index (χ3n) is 6.89. The highest BCUT2D eigenvalue weighted by molar-refractivity contribution is 6.34. The smallest absolute Gasteiger partial charge is 0.295 e. The van der Waals surface area contributed by atoms with Crippen molar-refractivity contribution in [2.75, 3.05) is 13.2 Å². The van der Waals surface area contributed by atoms with Gasteiger partial charge in [0.15, 0.2) is 6.10 Å². The minimum absolute atomic E-state index is 0.251. The van der Waals surface area contributed by atoms with Gasteiger partial charge in [0.25, 0.3) is 6.01 Å². The van der Waals surface area contributed by atoms with Gasteiger partial charge >= 0.3 is 0 Å². The van der Waals surface area contributed by atoms with Crippen molar-refractivity contribution in [1.29, 1.82) is 0 Å². The standard InChI is InChI=1S/C28H22ClN3O5/c29-20-12-22-21(31-28(32-22)37-24-14-36-25-23(33)13-35-26(24)25)11-19(20)17-5-1-15(2-6-17)16-3-7-18(8-4-16)27-30-9-10-34-27/h1-12,23-26,33H,13-14H2,(H,31,32)/t23-,24-,25-,26-/m1/s1. The predicted octanol–water partition coefficient (Wildman–Crippen LogP) is 5.11. The van der Waals surface area contributed by atoms with Crippen molar-refractivity contribution in [1.82, 2.24) is 15.0 Å². The number of halogens is 1. The molecule has 2 N–H and O–H groups in total. The van der Waals surface area contributed by atoms with E-state index in [1.807, 2.05) is 48.5 Å². The molecular formula is C28H22ClN3O5. The van der Waals surface area contributed by atoms with E-state index in [2.05, 4.69) is 27.1 Å². The highest BCUT2D eigenvalue weighted by Gasteiger charge is 2.48. The number of hydrogen-bond acceptors (Lipinski definition) is 7. The van der Waals surface area contributed by atoms with E-state index in [1.165, 1.54) is 0 Å². The van der Waals surface area contributed by atoms with E-state index in [-0.39, 0.29) is 24.9 Å². The van der Waals surface area contributed by atoms with Gasteiger partial charge < -0.3 is 28.7 Å². The number of fused-ring (bicyclic) bond motifs is 2. The Hall–Kier alpha value is -3.69. The summed E-state index contributed by atoms with van der Waals surface area (Å²) in [5.74, 6) is 0.602. The monoisotopic (exact) mass is 515 g/mol. The fourth-order valence-electron chi connectivity index (χ4n) is 4.99. The van der Waals surface area contributed by atoms with Crippen LogP contribution in [0.15, 0.2) is 77.5 Å². The van der Waals surface area contributed by atoms with Crippen molar-refractivity contribution in [2.24, 2.45) is 0 Å². The van der Waals surface area contributed by atoms with Gasteiger partial charge in [0.05, 0.1) is 35.5 Å². The number of aliphatic hydroxyl groups excluding tert-OH is 1. The average molecular weight is 516 g/mol. The van der Waals surface area contributed by atoms with Crippen LogP contribution in [0.25, 0.3) is 44.7 Å². The fraction of sp³-hybridized carbons (Fsp3) is 0.214. The molecule has 0 radical (unpaired) electrons. The third kappa shape index (κ3) is 4.08. The van der Waals surface area contributed by atoms with Gasteiger partial charge in [-0.15, -0.1) is 0 Å². The number of aliphatic hydroxyl groups is 1. The SMILES string of the molecule is O[C@@H]1CO[C@H]2[C@@H]1OC[C@H]2Oc1nc2cc(-c3ccc(-c4ccc(-c5ncco5)cc4)cc3)c(Cl)cc2[nH]1. The molecule has 37 heavy (non-hydrogen) atoms. The molecule has 5 aromatic rings. The zero-order chi connectivity index (χ0) is 24.9. The maximum atomic E-state index is 9.95. The van der Waals surface area contributed by atoms with Crippen molar-refractivity contribution >= 4 is 22.6 Å². The molecule has 0 spiro atoms. The normalized spacial score (nSPS) is 23.0. The van der Waals surface area contributed by atoms with E-state index < -0.39 is 6.10 Å². The van der Waals surface area contributed by atoms with Gasteiger partial charge in [0, 0.05) is 11.1 Å². The van der Waals surface area contributed by atoms with Gasteiger partial charge in [0.2, 0.25) is 5.89 Å². The van der Waals surface area contributed by atoms with Crippen molar-refractivity contribution in [3.63, 3.8) is 0 Å². The molecular weight excluding hydrogens is 494 g/mol. The molecule has 0 aliphatic carbocycles. The third-order valence-corrected chi connectivity index (χ3v) is 7.20. The number of hydrogen-bond donors (Lipinski definition) is 2. The molecule has 0 amide bonds. The first-order valence-electron chi connectivity index (χ1n) is 12.0. The Bertz CT molecular complexity index is 1550. The first-order chi connectivity index (χ1) is 18.1. The molecule has 0 unspecified atom stereocenters. The summed E-state index contributed by atoms with van der Waals surface area (Å²) in [7, 11) is 0. The van der Waals surface area contributed by atoms with Crippen LogP contribution in [-0.4, -0.2) is 57.7 Å². The second-order valence-electron chi connectivity index (χ2n) is 9.20. The number of nitrogens with zero attached hydrogens (tertiary/aromatic N) is 2. The molecule has 0 bridgehead atoms. The van der Waals surface area contributed by atoms with Gasteiger partial charge in [-0.2, -0.15) is 4.98 Å². The van der Waals surface area contributed by atoms with Crippen LogP contribution in [0.5, 0.6) is 6.01 Å². The van der Waals surface area contributed by atoms with Crippen LogP contribution in [0.2, 0.25) is 5.02 Å². The van der Waals surface area contributed by atoms with Crippen LogP contribution in [0.4, 0.5) is 0 Å². The number of nitrogens with one attached hydrogen (secondary N) is 1. The zero-order valence-corrected chi connectivity index (χ0v) is 20.3. The number of benzene rings is 3. The summed E-state index contributed by atoms with van der Waals surface area (Å²) in [4.78, 5) is 12.0. The second kappa shape index (κ2) is 9.00. The Labute approximate surface area is 216 Å². The van der Waals surface area contributed by atoms with E-state index in [4.69, 9.17) is 30.2 Å². The molecule has 8 nitrogen and oxygen atoms in total. The number of imidazole rings is 1. The Kier molecular flexibility index (Phi) is 5.48. The summed E-state index contributed by atoms with van der Waals surface area (Å²) in [5, 5.41) is 10.6. The van der Waals surface area contributed by atoms with Gasteiger partial charge in [-0.25, -0.2) is 4.98 Å². The number of H-pyrrole nitrogens is 1. The number of ether oxygens (including phenoxy) is 3. The van der Waals surface area contributed by atoms with Gasteiger partial charge in [-0.3, -0.25) is 0 Å². The topological polar surface area (TPSA) is 103 Å². The molecule has 7 rings (SSSR count). The Morgan fingerprint density at radius 2 is 1.59 bits per heavy atom. The summed E-state index contributed by atoms with van der Waals surface area (Å²) in [6.07, 6.45) is 1.58. The molecule has 2 fully saturated rings. The van der Waals surface area contributed by atoms with Crippen molar-refractivity contribution in [3.05, 3.63) is 78.1 Å². The molecule has 4 atom stereocenters. The van der Waals surface area contributed by atoms with E-state index in [0.717, 1.165) is 38.9 Å². The van der Waals surface area contributed by atoms with Crippen LogP contribution in [0.3, 0.4) is 0 Å². The first kappa shape index (κ1) is 22.5. The lowest BCUT2D eigenvalue weighted by Gasteiger charge is -2.15. The summed E-state index contributed by atoms with van der Waals surface area (Å²) >= 11 is 6.66. The lowest BCUT2D eigenvalue weighted by Crippen LogP contribution is -2.34. The second-order valence-corrected chi connectivity index (χ2v) is 9.61. The number of aromatic nitrogens is 3. The molecule has 9 heteroatoms. The predicted molar refractivity (Wildman–Crippen MR) is 137 cm³/mol. The average Bonchev–Trinajstić information content (AvgIpc) is 3.71. The van der Waals surface area contributed by atoms with Crippen LogP contribution in [0, 0.1) is 0 Å². The first-order valence-corrected chi connectivity index (χ1v) is 12.4. The maximum absolute atomic E-state index is 9.95. The van der Waals surface area contributed by atoms with Crippen LogP contribution >= 0.6 is 11.6 Å². The van der Waals surface area contributed by atoms with Gasteiger partial charge in [0.1, 0.15) is 24.6 Å². The van der Waals surface area contributed by atoms with E-state index in [0.29, 0.717) is 23.5 Å². The summed E-state index contributed by atoms with van der Waals surface area (Å²) in [6.45, 7) is 0.588. The largest absolute Gasteiger partial charge is 0.456 e. The Morgan fingerprint density at radius 1 is 0.892 bits per heavy atom. The molecule has 2 aliphatic rings. The van der Waals surface area contributed by atoms with Crippen molar-refractivity contribution in [2.45, 2.75) is 24.4 Å². The molecule has 186 valence electrons. The molecule has 0 saturated carbocycles. The maximum Gasteiger partial charge on any atom is 0.295 e. The summed E-state index contributed by atoms with van der Waals surface area (Å²) < 4.78 is 22.7. The highest BCUT2D eigenvalue weighted by Crippen LogP contribution is 2.35. The van der Waals surface area contributed by atoms with Crippen molar-refractivity contribution in [3.8, 4) is 39.7 Å². The van der Waals surface area contributed by atoms with E-state index >= 15 is 0 Å². The minimum atomic E-state index is -0.625.